The summed E-state index contributed by atoms with van der Waals surface area (Å²) < 4.78 is 7.47. The number of methoxy groups -OCH3 is 1. The molecule has 4 rings (SSSR count). The van der Waals surface area contributed by atoms with Crippen LogP contribution in [-0.2, 0) is 9.59 Å². The van der Waals surface area contributed by atoms with Crippen molar-refractivity contribution in [2.45, 2.75) is 20.8 Å². The predicted molar refractivity (Wildman–Crippen MR) is 127 cm³/mol. The Morgan fingerprint density at radius 2 is 1.73 bits per heavy atom. The third-order valence-electron chi connectivity index (χ3n) is 5.61. The highest BCUT2D eigenvalue weighted by atomic mass is 35.5. The van der Waals surface area contributed by atoms with Crippen molar-refractivity contribution in [2.24, 2.45) is 0 Å². The number of para-hydroxylation sites is 2. The van der Waals surface area contributed by atoms with E-state index in [9.17, 15) is 14.4 Å². The maximum atomic E-state index is 13.2. The second kappa shape index (κ2) is 8.60. The maximum absolute atomic E-state index is 13.2. The molecule has 1 aromatic heterocycles. The number of carbonyl (C=O) groups is 3. The van der Waals surface area contributed by atoms with Crippen LogP contribution in [0.15, 0.2) is 54.1 Å². The van der Waals surface area contributed by atoms with Crippen molar-refractivity contribution in [3.8, 4) is 11.4 Å². The lowest BCUT2D eigenvalue weighted by Gasteiger charge is -2.26. The summed E-state index contributed by atoms with van der Waals surface area (Å²) in [6.07, 6.45) is 1.50. The van der Waals surface area contributed by atoms with Crippen LogP contribution in [0.2, 0.25) is 5.02 Å². The first-order valence-electron chi connectivity index (χ1n) is 10.2. The number of anilines is 1. The van der Waals surface area contributed by atoms with Gasteiger partial charge in [-0.15, -0.1) is 0 Å². The largest absolute Gasteiger partial charge is 0.495 e. The van der Waals surface area contributed by atoms with E-state index in [-0.39, 0.29) is 11.3 Å². The number of ether oxygens (including phenoxy) is 1. The molecule has 2 heterocycles. The molecule has 0 spiro atoms. The summed E-state index contributed by atoms with van der Waals surface area (Å²) >= 11 is 6.18. The van der Waals surface area contributed by atoms with Crippen molar-refractivity contribution in [1.82, 2.24) is 9.88 Å². The smallest absolute Gasteiger partial charge is 0.335 e. The summed E-state index contributed by atoms with van der Waals surface area (Å²) in [4.78, 5) is 39.2. The van der Waals surface area contributed by atoms with Crippen LogP contribution in [0.5, 0.6) is 5.75 Å². The minimum atomic E-state index is -0.818. The molecule has 0 atom stereocenters. The Balaban J connectivity index is 1.78. The van der Waals surface area contributed by atoms with Crippen molar-refractivity contribution in [3.63, 3.8) is 0 Å². The number of rotatable bonds is 4. The zero-order valence-electron chi connectivity index (χ0n) is 18.6. The molecule has 0 unspecified atom stereocenters. The lowest BCUT2D eigenvalue weighted by molar-refractivity contribution is -0.122. The van der Waals surface area contributed by atoms with Gasteiger partial charge in [0.1, 0.15) is 11.3 Å². The Hall–Kier alpha value is -3.84. The van der Waals surface area contributed by atoms with Gasteiger partial charge in [-0.2, -0.15) is 0 Å². The highest BCUT2D eigenvalue weighted by molar-refractivity contribution is 6.39. The third-order valence-corrected chi connectivity index (χ3v) is 6.02. The monoisotopic (exact) mass is 463 g/mol. The molecular weight excluding hydrogens is 442 g/mol. The molecule has 3 aromatic rings. The Morgan fingerprint density at radius 3 is 2.42 bits per heavy atom. The molecule has 1 aliphatic heterocycles. The van der Waals surface area contributed by atoms with Gasteiger partial charge in [0.25, 0.3) is 11.8 Å². The van der Waals surface area contributed by atoms with E-state index < -0.39 is 17.8 Å². The molecule has 0 aliphatic carbocycles. The summed E-state index contributed by atoms with van der Waals surface area (Å²) in [5.41, 5.74) is 4.16. The number of amides is 4. The highest BCUT2D eigenvalue weighted by Crippen LogP contribution is 2.30. The molecule has 168 valence electrons. The van der Waals surface area contributed by atoms with E-state index in [0.717, 1.165) is 27.5 Å². The van der Waals surface area contributed by atoms with Gasteiger partial charge in [0.05, 0.1) is 18.5 Å². The van der Waals surface area contributed by atoms with Gasteiger partial charge in [0, 0.05) is 16.4 Å². The first-order chi connectivity index (χ1) is 15.7. The maximum Gasteiger partial charge on any atom is 0.335 e. The molecule has 1 aliphatic rings. The van der Waals surface area contributed by atoms with Gasteiger partial charge in [-0.05, 0) is 68.3 Å². The van der Waals surface area contributed by atoms with E-state index in [1.165, 1.54) is 12.1 Å². The molecule has 0 saturated carbocycles. The molecule has 2 aromatic carbocycles. The molecule has 7 nitrogen and oxygen atoms in total. The number of hydrogen-bond donors (Lipinski definition) is 1. The molecule has 8 heteroatoms. The number of aromatic nitrogens is 1. The second-order valence-corrected chi connectivity index (χ2v) is 8.13. The predicted octanol–water partition coefficient (Wildman–Crippen LogP) is 4.73. The van der Waals surface area contributed by atoms with Crippen LogP contribution in [0.3, 0.4) is 0 Å². The van der Waals surface area contributed by atoms with Crippen molar-refractivity contribution in [3.05, 3.63) is 81.6 Å². The van der Waals surface area contributed by atoms with Crippen LogP contribution >= 0.6 is 11.6 Å². The standard InChI is InChI=1S/C25H22ClN3O4/c1-14-9-10-18(13-20(14)26)29-24(31)19(23(30)27-25(29)32)12-17-11-15(2)28(16(17)3)21-7-5-6-8-22(21)33-4/h5-13H,1-4H3,(H,27,30,32). The number of halogens is 1. The van der Waals surface area contributed by atoms with Gasteiger partial charge in [-0.1, -0.05) is 29.8 Å². The summed E-state index contributed by atoms with van der Waals surface area (Å²) in [5, 5.41) is 2.66. The first-order valence-corrected chi connectivity index (χ1v) is 10.6. The molecule has 0 radical (unpaired) electrons. The van der Waals surface area contributed by atoms with Crippen LogP contribution in [0.1, 0.15) is 22.5 Å². The van der Waals surface area contributed by atoms with Crippen LogP contribution in [0.25, 0.3) is 11.8 Å². The van der Waals surface area contributed by atoms with Crippen molar-refractivity contribution in [1.29, 1.82) is 0 Å². The van der Waals surface area contributed by atoms with E-state index in [2.05, 4.69) is 5.32 Å². The number of benzene rings is 2. The molecule has 0 bridgehead atoms. The molecule has 1 N–H and O–H groups in total. The normalized spacial score (nSPS) is 15.2. The number of barbiturate groups is 1. The van der Waals surface area contributed by atoms with Gasteiger partial charge in [0.15, 0.2) is 0 Å². The van der Waals surface area contributed by atoms with Gasteiger partial charge < -0.3 is 9.30 Å². The van der Waals surface area contributed by atoms with Gasteiger partial charge >= 0.3 is 6.03 Å². The Morgan fingerprint density at radius 1 is 1.00 bits per heavy atom. The van der Waals surface area contributed by atoms with E-state index in [0.29, 0.717) is 16.3 Å². The number of nitrogens with zero attached hydrogens (tertiary/aromatic N) is 2. The van der Waals surface area contributed by atoms with Gasteiger partial charge in [-0.25, -0.2) is 9.69 Å². The molecule has 33 heavy (non-hydrogen) atoms. The third kappa shape index (κ3) is 3.91. The van der Waals surface area contributed by atoms with Crippen LogP contribution in [0.4, 0.5) is 10.5 Å². The fourth-order valence-corrected chi connectivity index (χ4v) is 4.06. The van der Waals surface area contributed by atoms with E-state index >= 15 is 0 Å². The number of imide groups is 2. The summed E-state index contributed by atoms with van der Waals surface area (Å²) in [7, 11) is 1.60. The Bertz CT molecular complexity index is 1340. The number of hydrogen-bond acceptors (Lipinski definition) is 4. The number of urea groups is 1. The quantitative estimate of drug-likeness (QED) is 0.448. The van der Waals surface area contributed by atoms with Crippen LogP contribution in [0, 0.1) is 20.8 Å². The fourth-order valence-electron chi connectivity index (χ4n) is 3.89. The Labute approximate surface area is 196 Å². The lowest BCUT2D eigenvalue weighted by Crippen LogP contribution is -2.54. The van der Waals surface area contributed by atoms with Gasteiger partial charge in [0.2, 0.25) is 0 Å². The van der Waals surface area contributed by atoms with Crippen LogP contribution in [-0.4, -0.2) is 29.5 Å². The molecule has 4 amide bonds. The molecular formula is C25H22ClN3O4. The minimum Gasteiger partial charge on any atom is -0.495 e. The number of nitrogens with one attached hydrogen (secondary N) is 1. The number of carbonyl (C=O) groups excluding carboxylic acids is 3. The fraction of sp³-hybridized carbons (Fsp3) is 0.160. The highest BCUT2D eigenvalue weighted by Gasteiger charge is 2.37. The molecule has 1 fully saturated rings. The second-order valence-electron chi connectivity index (χ2n) is 7.73. The molecule has 1 saturated heterocycles. The topological polar surface area (TPSA) is 80.6 Å². The van der Waals surface area contributed by atoms with Gasteiger partial charge in [-0.3, -0.25) is 14.9 Å². The average Bonchev–Trinajstić information content (AvgIpc) is 3.06. The summed E-state index contributed by atoms with van der Waals surface area (Å²) in [6, 6.07) is 13.5. The van der Waals surface area contributed by atoms with Crippen molar-refractivity contribution in [2.75, 3.05) is 12.0 Å². The minimum absolute atomic E-state index is 0.147. The van der Waals surface area contributed by atoms with Crippen LogP contribution < -0.4 is 15.0 Å². The average molecular weight is 464 g/mol. The zero-order chi connectivity index (χ0) is 23.9. The Kier molecular flexibility index (Phi) is 5.82. The van der Waals surface area contributed by atoms with E-state index in [1.807, 2.05) is 55.7 Å². The summed E-state index contributed by atoms with van der Waals surface area (Å²) in [6.45, 7) is 5.63. The van der Waals surface area contributed by atoms with E-state index in [1.54, 1.807) is 19.2 Å². The van der Waals surface area contributed by atoms with Crippen molar-refractivity contribution < 1.29 is 19.1 Å². The van der Waals surface area contributed by atoms with E-state index in [4.69, 9.17) is 16.3 Å². The first kappa shape index (κ1) is 22.4. The zero-order valence-corrected chi connectivity index (χ0v) is 19.4. The SMILES string of the molecule is COc1ccccc1-n1c(C)cc(C=C2C(=O)NC(=O)N(c3ccc(C)c(Cl)c3)C2=O)c1C. The lowest BCUT2D eigenvalue weighted by atomic mass is 10.1. The van der Waals surface area contributed by atoms with Crippen molar-refractivity contribution >= 4 is 41.2 Å². The number of aryl methyl sites for hydroxylation is 2. The summed E-state index contributed by atoms with van der Waals surface area (Å²) in [5.74, 6) is -0.773.